The van der Waals surface area contributed by atoms with E-state index in [9.17, 15) is 14.7 Å². The first-order valence-corrected chi connectivity index (χ1v) is 8.54. The van der Waals surface area contributed by atoms with Crippen LogP contribution in [-0.2, 0) is 14.3 Å². The highest BCUT2D eigenvalue weighted by Crippen LogP contribution is 2.58. The van der Waals surface area contributed by atoms with Crippen molar-refractivity contribution in [2.24, 2.45) is 11.8 Å². The molecule has 1 N–H and O–H groups in total. The van der Waals surface area contributed by atoms with Gasteiger partial charge in [-0.25, -0.2) is 0 Å². The van der Waals surface area contributed by atoms with Crippen LogP contribution in [0.2, 0.25) is 0 Å². The lowest BCUT2D eigenvalue weighted by molar-refractivity contribution is -0.166. The third-order valence-electron chi connectivity index (χ3n) is 4.83. The number of hydrogen-bond acceptors (Lipinski definition) is 3. The third-order valence-corrected chi connectivity index (χ3v) is 4.83. The zero-order valence-electron chi connectivity index (χ0n) is 14.3. The summed E-state index contributed by atoms with van der Waals surface area (Å²) in [4.78, 5) is 24.7. The first-order valence-electron chi connectivity index (χ1n) is 8.54. The Morgan fingerprint density at radius 1 is 0.840 bits per heavy atom. The van der Waals surface area contributed by atoms with Gasteiger partial charge in [-0.15, -0.1) is 0 Å². The van der Waals surface area contributed by atoms with Gasteiger partial charge in [-0.3, -0.25) is 9.59 Å². The topological polar surface area (TPSA) is 63.6 Å². The van der Waals surface area contributed by atoms with Crippen LogP contribution >= 0.6 is 0 Å². The van der Waals surface area contributed by atoms with Gasteiger partial charge in [0.25, 0.3) is 0 Å². The first kappa shape index (κ1) is 17.2. The predicted octanol–water partition coefficient (Wildman–Crippen LogP) is 3.84. The highest BCUT2D eigenvalue weighted by atomic mass is 16.5. The summed E-state index contributed by atoms with van der Waals surface area (Å²) in [7, 11) is 0. The molecule has 130 valence electrons. The molecule has 1 aliphatic rings. The van der Waals surface area contributed by atoms with E-state index in [0.29, 0.717) is 0 Å². The van der Waals surface area contributed by atoms with E-state index in [1.165, 1.54) is 0 Å². The molecule has 0 spiro atoms. The number of carboxylic acid groups (broad SMARTS) is 1. The molecule has 2 aromatic carbocycles. The Morgan fingerprint density at radius 2 is 1.28 bits per heavy atom. The molecule has 1 saturated carbocycles. The van der Waals surface area contributed by atoms with Crippen LogP contribution in [0.3, 0.4) is 0 Å². The van der Waals surface area contributed by atoms with E-state index in [-0.39, 0.29) is 23.9 Å². The molecule has 3 rings (SSSR count). The van der Waals surface area contributed by atoms with Crippen molar-refractivity contribution in [2.45, 2.75) is 31.8 Å². The van der Waals surface area contributed by atoms with Crippen LogP contribution in [0, 0.1) is 11.8 Å². The Balaban J connectivity index is 2.03. The monoisotopic (exact) mass is 338 g/mol. The second-order valence-corrected chi connectivity index (χ2v) is 6.75. The fourth-order valence-electron chi connectivity index (χ4n) is 3.84. The fourth-order valence-corrected chi connectivity index (χ4v) is 3.84. The van der Waals surface area contributed by atoms with Gasteiger partial charge < -0.3 is 9.84 Å². The molecule has 2 atom stereocenters. The number of hydrogen-bond donors (Lipinski definition) is 1. The van der Waals surface area contributed by atoms with Crippen LogP contribution in [0.4, 0.5) is 0 Å². The predicted molar refractivity (Wildman–Crippen MR) is 94.2 cm³/mol. The number of esters is 1. The maximum Gasteiger partial charge on any atom is 0.310 e. The van der Waals surface area contributed by atoms with Crippen molar-refractivity contribution in [3.63, 3.8) is 0 Å². The number of aliphatic carboxylic acids is 1. The maximum atomic E-state index is 12.8. The summed E-state index contributed by atoms with van der Waals surface area (Å²) in [5.74, 6) is -3.10. The minimum absolute atomic E-state index is 0.232. The molecule has 0 bridgehead atoms. The molecule has 4 heteroatoms. The minimum Gasteiger partial charge on any atom is -0.481 e. The summed E-state index contributed by atoms with van der Waals surface area (Å²) in [5, 5.41) is 9.83. The van der Waals surface area contributed by atoms with Crippen LogP contribution in [0.15, 0.2) is 60.7 Å². The molecular formula is C21H22O4. The van der Waals surface area contributed by atoms with Crippen molar-refractivity contribution in [1.29, 1.82) is 0 Å². The first-order chi connectivity index (χ1) is 12.0. The lowest BCUT2D eigenvalue weighted by Gasteiger charge is -2.49. The number of carbonyl (C=O) groups excluding carboxylic acids is 1. The molecule has 1 aliphatic carbocycles. The molecule has 0 aliphatic heterocycles. The minimum atomic E-state index is -0.878. The zero-order chi connectivity index (χ0) is 18.0. The third kappa shape index (κ3) is 3.29. The van der Waals surface area contributed by atoms with Crippen molar-refractivity contribution in [1.82, 2.24) is 0 Å². The van der Waals surface area contributed by atoms with Gasteiger partial charge in [0, 0.05) is 11.8 Å². The standard InChI is InChI=1S/C21H22O4/c1-13(2)25-21(24)19-16(14-9-5-3-6-10-14)18(20(22)23)17(19)15-11-7-4-8-12-15/h3-13,16-19H,1-2H3,(H,22,23). The van der Waals surface area contributed by atoms with Gasteiger partial charge >= 0.3 is 11.9 Å². The summed E-state index contributed by atoms with van der Waals surface area (Å²) in [5.41, 5.74) is 1.74. The van der Waals surface area contributed by atoms with Gasteiger partial charge in [-0.05, 0) is 25.0 Å². The van der Waals surface area contributed by atoms with E-state index in [1.807, 2.05) is 60.7 Å². The molecule has 0 radical (unpaired) electrons. The van der Waals surface area contributed by atoms with E-state index in [0.717, 1.165) is 11.1 Å². The van der Waals surface area contributed by atoms with Gasteiger partial charge in [0.2, 0.25) is 0 Å². The SMILES string of the molecule is CC(C)OC(=O)C1C(c2ccccc2)C(C(=O)O)C1c1ccccc1. The van der Waals surface area contributed by atoms with Gasteiger partial charge in [0.1, 0.15) is 0 Å². The van der Waals surface area contributed by atoms with E-state index in [2.05, 4.69) is 0 Å². The van der Waals surface area contributed by atoms with E-state index in [1.54, 1.807) is 13.8 Å². The van der Waals surface area contributed by atoms with E-state index in [4.69, 9.17) is 4.74 Å². The average Bonchev–Trinajstić information content (AvgIpc) is 2.55. The van der Waals surface area contributed by atoms with Crippen molar-refractivity contribution in [2.75, 3.05) is 0 Å². The molecule has 25 heavy (non-hydrogen) atoms. The maximum absolute atomic E-state index is 12.8. The van der Waals surface area contributed by atoms with Gasteiger partial charge in [-0.1, -0.05) is 60.7 Å². The van der Waals surface area contributed by atoms with Crippen molar-refractivity contribution < 1.29 is 19.4 Å². The molecule has 1 fully saturated rings. The lowest BCUT2D eigenvalue weighted by Crippen LogP contribution is -2.51. The summed E-state index contributed by atoms with van der Waals surface area (Å²) >= 11 is 0. The largest absolute Gasteiger partial charge is 0.481 e. The molecule has 4 nitrogen and oxygen atoms in total. The Morgan fingerprint density at radius 3 is 1.64 bits per heavy atom. The second kappa shape index (κ2) is 7.09. The van der Waals surface area contributed by atoms with Gasteiger partial charge in [0.05, 0.1) is 17.9 Å². The molecule has 0 heterocycles. The smallest absolute Gasteiger partial charge is 0.310 e. The van der Waals surface area contributed by atoms with E-state index >= 15 is 0 Å². The van der Waals surface area contributed by atoms with Crippen LogP contribution in [0.5, 0.6) is 0 Å². The summed E-state index contributed by atoms with van der Waals surface area (Å²) in [6.07, 6.45) is -0.232. The van der Waals surface area contributed by atoms with Gasteiger partial charge in [-0.2, -0.15) is 0 Å². The highest BCUT2D eigenvalue weighted by molar-refractivity contribution is 5.84. The van der Waals surface area contributed by atoms with E-state index < -0.39 is 17.8 Å². The summed E-state index contributed by atoms with van der Waals surface area (Å²) in [6, 6.07) is 18.8. The molecular weight excluding hydrogens is 316 g/mol. The number of carbonyl (C=O) groups is 2. The number of carboxylic acids is 1. The number of benzene rings is 2. The molecule has 0 amide bonds. The summed E-state index contributed by atoms with van der Waals surface area (Å²) in [6.45, 7) is 3.61. The van der Waals surface area contributed by atoms with Gasteiger partial charge in [0.15, 0.2) is 0 Å². The Bertz CT molecular complexity index is 692. The van der Waals surface area contributed by atoms with Crippen LogP contribution < -0.4 is 0 Å². The van der Waals surface area contributed by atoms with Crippen molar-refractivity contribution >= 4 is 11.9 Å². The average molecular weight is 338 g/mol. The molecule has 2 unspecified atom stereocenters. The molecule has 0 saturated heterocycles. The van der Waals surface area contributed by atoms with Crippen molar-refractivity contribution in [3.8, 4) is 0 Å². The zero-order valence-corrected chi connectivity index (χ0v) is 14.3. The molecule has 0 aromatic heterocycles. The number of rotatable bonds is 5. The summed E-state index contributed by atoms with van der Waals surface area (Å²) < 4.78 is 5.45. The second-order valence-electron chi connectivity index (χ2n) is 6.75. The van der Waals surface area contributed by atoms with Crippen LogP contribution in [-0.4, -0.2) is 23.1 Å². The van der Waals surface area contributed by atoms with Crippen molar-refractivity contribution in [3.05, 3.63) is 71.8 Å². The van der Waals surface area contributed by atoms with Crippen LogP contribution in [0.1, 0.15) is 36.8 Å². The lowest BCUT2D eigenvalue weighted by atomic mass is 9.52. The quantitative estimate of drug-likeness (QED) is 0.842. The fraction of sp³-hybridized carbons (Fsp3) is 0.333. The Hall–Kier alpha value is -2.62. The normalized spacial score (nSPS) is 25.2. The number of ether oxygens (including phenoxy) is 1. The molecule has 2 aromatic rings. The Labute approximate surface area is 147 Å². The van der Waals surface area contributed by atoms with Crippen LogP contribution in [0.25, 0.3) is 0 Å². The Kier molecular flexibility index (Phi) is 4.88. The highest BCUT2D eigenvalue weighted by Gasteiger charge is 2.59.